The molecule has 20 heavy (non-hydrogen) atoms. The summed E-state index contributed by atoms with van der Waals surface area (Å²) < 4.78 is 6.62. The topological polar surface area (TPSA) is 46.6 Å². The van der Waals surface area contributed by atoms with Gasteiger partial charge in [0.25, 0.3) is 5.91 Å². The average Bonchev–Trinajstić information content (AvgIpc) is 2.40. The summed E-state index contributed by atoms with van der Waals surface area (Å²) in [7, 11) is 0. The van der Waals surface area contributed by atoms with Crippen molar-refractivity contribution in [3.63, 3.8) is 0 Å². The number of carbonyl (C=O) groups is 2. The van der Waals surface area contributed by atoms with Gasteiger partial charge in [0.1, 0.15) is 6.54 Å². The van der Waals surface area contributed by atoms with Crippen LogP contribution in [0.3, 0.4) is 0 Å². The second kappa shape index (κ2) is 8.61. The van der Waals surface area contributed by atoms with Gasteiger partial charge in [-0.3, -0.25) is 9.59 Å². The number of rotatable bonds is 6. The van der Waals surface area contributed by atoms with Gasteiger partial charge in [-0.05, 0) is 70.1 Å². The van der Waals surface area contributed by atoms with E-state index in [0.717, 1.165) is 14.5 Å². The molecule has 0 aromatic heterocycles. The summed E-state index contributed by atoms with van der Waals surface area (Å²) in [4.78, 5) is 25.6. The van der Waals surface area contributed by atoms with E-state index < -0.39 is 0 Å². The predicted molar refractivity (Wildman–Crippen MR) is 89.7 cm³/mol. The molecule has 1 aromatic rings. The summed E-state index contributed by atoms with van der Waals surface area (Å²) in [6.45, 7) is 4.54. The highest BCUT2D eigenvalue weighted by Gasteiger charge is 2.20. The van der Waals surface area contributed by atoms with Crippen LogP contribution < -0.4 is 0 Å². The minimum absolute atomic E-state index is 0.0154. The van der Waals surface area contributed by atoms with Crippen LogP contribution >= 0.6 is 38.5 Å². The van der Waals surface area contributed by atoms with Crippen LogP contribution in [-0.2, 0) is 9.53 Å². The van der Waals surface area contributed by atoms with E-state index in [-0.39, 0.29) is 18.4 Å². The highest BCUT2D eigenvalue weighted by atomic mass is 127. The number of esters is 1. The third-order valence-corrected chi connectivity index (χ3v) is 3.93. The molecule has 0 unspecified atom stereocenters. The number of ether oxygens (including phenoxy) is 1. The molecule has 0 radical (unpaired) electrons. The molecule has 0 N–H and O–H groups in total. The van der Waals surface area contributed by atoms with E-state index in [0.29, 0.717) is 18.7 Å². The van der Waals surface area contributed by atoms with Gasteiger partial charge >= 0.3 is 5.97 Å². The van der Waals surface area contributed by atoms with Crippen LogP contribution in [-0.4, -0.2) is 36.5 Å². The van der Waals surface area contributed by atoms with Crippen LogP contribution in [0.5, 0.6) is 0 Å². The average molecular weight is 454 g/mol. The highest BCUT2D eigenvalue weighted by Crippen LogP contribution is 2.21. The van der Waals surface area contributed by atoms with E-state index in [1.165, 1.54) is 4.90 Å². The second-order valence-corrected chi connectivity index (χ2v) is 6.26. The predicted octanol–water partition coefficient (Wildman–Crippen LogP) is 3.47. The van der Waals surface area contributed by atoms with E-state index in [4.69, 9.17) is 4.74 Å². The number of nitrogens with zero attached hydrogens (tertiary/aromatic N) is 1. The maximum atomic E-state index is 12.5. The van der Waals surface area contributed by atoms with Gasteiger partial charge in [-0.15, -0.1) is 0 Å². The second-order valence-electron chi connectivity index (χ2n) is 4.16. The molecule has 0 atom stereocenters. The number of amides is 1. The van der Waals surface area contributed by atoms with Crippen LogP contribution in [0.4, 0.5) is 0 Å². The lowest BCUT2D eigenvalue weighted by Gasteiger charge is -2.21. The number of benzene rings is 1. The minimum atomic E-state index is -0.379. The van der Waals surface area contributed by atoms with Gasteiger partial charge in [-0.2, -0.15) is 0 Å². The molecule has 0 heterocycles. The van der Waals surface area contributed by atoms with Crippen molar-refractivity contribution < 1.29 is 14.3 Å². The zero-order valence-electron chi connectivity index (χ0n) is 11.5. The summed E-state index contributed by atoms with van der Waals surface area (Å²) >= 11 is 5.54. The Labute approximate surface area is 141 Å². The first-order valence-electron chi connectivity index (χ1n) is 6.39. The molecule has 0 saturated heterocycles. The van der Waals surface area contributed by atoms with Crippen molar-refractivity contribution in [1.29, 1.82) is 0 Å². The molecule has 1 rings (SSSR count). The van der Waals surface area contributed by atoms with Gasteiger partial charge < -0.3 is 9.64 Å². The fraction of sp³-hybridized carbons (Fsp3) is 0.429. The van der Waals surface area contributed by atoms with Gasteiger partial charge in [0.05, 0.1) is 12.2 Å². The van der Waals surface area contributed by atoms with Gasteiger partial charge in [-0.25, -0.2) is 0 Å². The number of carbonyl (C=O) groups excluding carboxylic acids is 2. The van der Waals surface area contributed by atoms with Crippen LogP contribution in [0, 0.1) is 3.57 Å². The van der Waals surface area contributed by atoms with Crippen molar-refractivity contribution in [2.75, 3.05) is 19.7 Å². The normalized spacial score (nSPS) is 10.2. The molecule has 0 aliphatic rings. The number of hydrogen-bond acceptors (Lipinski definition) is 3. The lowest BCUT2D eigenvalue weighted by atomic mass is 10.2. The van der Waals surface area contributed by atoms with Crippen LogP contribution in [0.2, 0.25) is 0 Å². The van der Waals surface area contributed by atoms with E-state index in [9.17, 15) is 9.59 Å². The summed E-state index contributed by atoms with van der Waals surface area (Å²) in [6, 6.07) is 5.56. The Morgan fingerprint density at radius 3 is 2.65 bits per heavy atom. The number of hydrogen-bond donors (Lipinski definition) is 0. The molecule has 0 aliphatic carbocycles. The Kier molecular flexibility index (Phi) is 7.50. The molecule has 0 bridgehead atoms. The lowest BCUT2D eigenvalue weighted by Crippen LogP contribution is -2.37. The maximum absolute atomic E-state index is 12.5. The van der Waals surface area contributed by atoms with Crippen LogP contribution in [0.15, 0.2) is 22.7 Å². The number of halogens is 2. The Balaban J connectivity index is 2.93. The monoisotopic (exact) mass is 453 g/mol. The summed E-state index contributed by atoms with van der Waals surface area (Å²) in [6.07, 6.45) is 0.784. The van der Waals surface area contributed by atoms with E-state index in [2.05, 4.69) is 38.5 Å². The fourth-order valence-electron chi connectivity index (χ4n) is 1.72. The largest absolute Gasteiger partial charge is 0.465 e. The molecule has 6 heteroatoms. The molecule has 1 aromatic carbocycles. The van der Waals surface area contributed by atoms with Crippen molar-refractivity contribution in [1.82, 2.24) is 4.90 Å². The quantitative estimate of drug-likeness (QED) is 0.489. The van der Waals surface area contributed by atoms with Gasteiger partial charge in [0.2, 0.25) is 0 Å². The molecule has 1 amide bonds. The molecule has 4 nitrogen and oxygen atoms in total. The summed E-state index contributed by atoms with van der Waals surface area (Å²) in [5.41, 5.74) is 0.564. The van der Waals surface area contributed by atoms with Gasteiger partial charge in [0.15, 0.2) is 0 Å². The van der Waals surface area contributed by atoms with Crippen molar-refractivity contribution in [3.05, 3.63) is 31.8 Å². The zero-order valence-corrected chi connectivity index (χ0v) is 15.2. The lowest BCUT2D eigenvalue weighted by molar-refractivity contribution is -0.143. The third-order valence-electron chi connectivity index (χ3n) is 2.56. The first-order chi connectivity index (χ1) is 9.49. The molecule has 110 valence electrons. The van der Waals surface area contributed by atoms with Crippen LogP contribution in [0.25, 0.3) is 0 Å². The van der Waals surface area contributed by atoms with Crippen molar-refractivity contribution in [3.8, 4) is 0 Å². The third kappa shape index (κ3) is 5.05. The highest BCUT2D eigenvalue weighted by molar-refractivity contribution is 14.1. The van der Waals surface area contributed by atoms with Crippen LogP contribution in [0.1, 0.15) is 30.6 Å². The van der Waals surface area contributed by atoms with Crippen molar-refractivity contribution in [2.45, 2.75) is 20.3 Å². The molecule has 0 aliphatic heterocycles. The Hall–Kier alpha value is -0.630. The van der Waals surface area contributed by atoms with Gasteiger partial charge in [-0.1, -0.05) is 6.92 Å². The Morgan fingerprint density at radius 2 is 2.05 bits per heavy atom. The minimum Gasteiger partial charge on any atom is -0.465 e. The van der Waals surface area contributed by atoms with E-state index in [1.807, 2.05) is 19.1 Å². The SMILES string of the molecule is CCCN(CC(=O)OCC)C(=O)c1cc(I)ccc1Br. The Morgan fingerprint density at radius 1 is 1.35 bits per heavy atom. The first-order valence-corrected chi connectivity index (χ1v) is 8.26. The summed E-state index contributed by atoms with van der Waals surface area (Å²) in [5.74, 6) is -0.540. The Bertz CT molecular complexity index is 493. The zero-order chi connectivity index (χ0) is 15.1. The first kappa shape index (κ1) is 17.4. The molecule has 0 fully saturated rings. The van der Waals surface area contributed by atoms with E-state index >= 15 is 0 Å². The maximum Gasteiger partial charge on any atom is 0.325 e. The smallest absolute Gasteiger partial charge is 0.325 e. The molecular weight excluding hydrogens is 437 g/mol. The standard InChI is InChI=1S/C14H17BrINO3/c1-3-7-17(9-13(18)20-4-2)14(19)11-8-10(16)5-6-12(11)15/h5-6,8H,3-4,7,9H2,1-2H3. The van der Waals surface area contributed by atoms with Gasteiger partial charge in [0, 0.05) is 14.6 Å². The fourth-order valence-corrected chi connectivity index (χ4v) is 2.62. The molecular formula is C14H17BrINO3. The summed E-state index contributed by atoms with van der Waals surface area (Å²) in [5, 5.41) is 0. The van der Waals surface area contributed by atoms with Crippen molar-refractivity contribution >= 4 is 50.4 Å². The molecule has 0 spiro atoms. The van der Waals surface area contributed by atoms with E-state index in [1.54, 1.807) is 13.0 Å². The van der Waals surface area contributed by atoms with Crippen molar-refractivity contribution in [2.24, 2.45) is 0 Å². The molecule has 0 saturated carbocycles.